The van der Waals surface area contributed by atoms with E-state index < -0.39 is 0 Å². The molecule has 0 spiro atoms. The number of aromatic nitrogens is 1. The molecule has 2 heterocycles. The number of hydrogen-bond acceptors (Lipinski definition) is 5. The molecular formula is C11H9BrN2O3. The second-order valence-electron chi connectivity index (χ2n) is 3.71. The molecule has 3 rings (SSSR count). The van der Waals surface area contributed by atoms with Crippen LogP contribution < -0.4 is 15.2 Å². The summed E-state index contributed by atoms with van der Waals surface area (Å²) in [6.07, 6.45) is 0. The molecule has 0 saturated carbocycles. The van der Waals surface area contributed by atoms with Crippen molar-refractivity contribution in [1.29, 1.82) is 0 Å². The van der Waals surface area contributed by atoms with Crippen LogP contribution in [0.5, 0.6) is 11.5 Å². The van der Waals surface area contributed by atoms with Gasteiger partial charge in [0.1, 0.15) is 0 Å². The molecule has 0 fully saturated rings. The van der Waals surface area contributed by atoms with Crippen LogP contribution in [0.4, 0.5) is 5.82 Å². The Bertz CT molecular complexity index is 595. The Hall–Kier alpha value is -1.69. The zero-order chi connectivity index (χ0) is 12.0. The van der Waals surface area contributed by atoms with Crippen molar-refractivity contribution in [2.24, 2.45) is 0 Å². The van der Waals surface area contributed by atoms with E-state index in [0.29, 0.717) is 23.1 Å². The zero-order valence-corrected chi connectivity index (χ0v) is 10.6. The van der Waals surface area contributed by atoms with Crippen LogP contribution in [-0.2, 0) is 0 Å². The number of fused-ring (bicyclic) bond motifs is 1. The van der Waals surface area contributed by atoms with Crippen LogP contribution in [0, 0.1) is 6.92 Å². The lowest BCUT2D eigenvalue weighted by Gasteiger charge is -2.08. The summed E-state index contributed by atoms with van der Waals surface area (Å²) < 4.78 is 16.9. The Morgan fingerprint density at radius 3 is 2.88 bits per heavy atom. The normalized spacial score (nSPS) is 13.1. The van der Waals surface area contributed by atoms with E-state index in [1.165, 1.54) is 0 Å². The number of nitrogen functional groups attached to an aromatic ring is 1. The van der Waals surface area contributed by atoms with Crippen molar-refractivity contribution < 1.29 is 14.0 Å². The highest BCUT2D eigenvalue weighted by Gasteiger charge is 2.25. The SMILES string of the molecule is Cc1c(Br)cc2c(c1-c1cc(N)no1)OCO2. The summed E-state index contributed by atoms with van der Waals surface area (Å²) in [4.78, 5) is 0. The highest BCUT2D eigenvalue weighted by molar-refractivity contribution is 9.10. The first-order chi connectivity index (χ1) is 8.16. The Kier molecular flexibility index (Phi) is 2.25. The number of nitrogens with two attached hydrogens (primary N) is 1. The van der Waals surface area contributed by atoms with Gasteiger partial charge in [0.2, 0.25) is 6.79 Å². The van der Waals surface area contributed by atoms with Crippen LogP contribution in [-0.4, -0.2) is 11.9 Å². The Morgan fingerprint density at radius 1 is 1.35 bits per heavy atom. The van der Waals surface area contributed by atoms with Crippen molar-refractivity contribution in [3.05, 3.63) is 22.2 Å². The third-order valence-electron chi connectivity index (χ3n) is 2.63. The third kappa shape index (κ3) is 1.56. The van der Waals surface area contributed by atoms with Crippen LogP contribution in [0.15, 0.2) is 21.1 Å². The van der Waals surface area contributed by atoms with Gasteiger partial charge in [0.15, 0.2) is 23.1 Å². The molecule has 1 aliphatic heterocycles. The Balaban J connectivity index is 2.28. The van der Waals surface area contributed by atoms with Crippen LogP contribution in [0.2, 0.25) is 0 Å². The van der Waals surface area contributed by atoms with Crippen LogP contribution in [0.1, 0.15) is 5.56 Å². The first-order valence-electron chi connectivity index (χ1n) is 4.98. The number of halogens is 1. The topological polar surface area (TPSA) is 70.5 Å². The number of ether oxygens (including phenoxy) is 2. The second-order valence-corrected chi connectivity index (χ2v) is 4.56. The molecule has 2 N–H and O–H groups in total. The Morgan fingerprint density at radius 2 is 2.18 bits per heavy atom. The number of anilines is 1. The van der Waals surface area contributed by atoms with E-state index in [2.05, 4.69) is 21.1 Å². The largest absolute Gasteiger partial charge is 0.454 e. The molecule has 1 aromatic carbocycles. The number of nitrogens with zero attached hydrogens (tertiary/aromatic N) is 1. The maximum absolute atomic E-state index is 5.56. The van der Waals surface area contributed by atoms with Gasteiger partial charge in [0.05, 0.1) is 5.56 Å². The summed E-state index contributed by atoms with van der Waals surface area (Å²) in [6.45, 7) is 2.17. The van der Waals surface area contributed by atoms with Crippen molar-refractivity contribution in [1.82, 2.24) is 5.16 Å². The predicted octanol–water partition coefficient (Wildman–Crippen LogP) is 2.72. The van der Waals surface area contributed by atoms with Crippen molar-refractivity contribution in [2.45, 2.75) is 6.92 Å². The van der Waals surface area contributed by atoms with E-state index in [-0.39, 0.29) is 6.79 Å². The van der Waals surface area contributed by atoms with Crippen LogP contribution in [0.25, 0.3) is 11.3 Å². The van der Waals surface area contributed by atoms with Gasteiger partial charge >= 0.3 is 0 Å². The molecule has 0 bridgehead atoms. The minimum Gasteiger partial charge on any atom is -0.454 e. The molecule has 0 unspecified atom stereocenters. The quantitative estimate of drug-likeness (QED) is 0.876. The first kappa shape index (κ1) is 10.5. The number of rotatable bonds is 1. The molecule has 1 aliphatic rings. The lowest BCUT2D eigenvalue weighted by Crippen LogP contribution is -1.93. The zero-order valence-electron chi connectivity index (χ0n) is 8.99. The monoisotopic (exact) mass is 296 g/mol. The van der Waals surface area contributed by atoms with Gasteiger partial charge in [-0.25, -0.2) is 0 Å². The van der Waals surface area contributed by atoms with Gasteiger partial charge in [-0.1, -0.05) is 21.1 Å². The number of benzene rings is 1. The molecule has 88 valence electrons. The van der Waals surface area contributed by atoms with Gasteiger partial charge in [-0.15, -0.1) is 0 Å². The predicted molar refractivity (Wildman–Crippen MR) is 64.9 cm³/mol. The van der Waals surface area contributed by atoms with Crippen LogP contribution >= 0.6 is 15.9 Å². The fourth-order valence-corrected chi connectivity index (χ4v) is 2.21. The summed E-state index contributed by atoms with van der Waals surface area (Å²) in [5.74, 6) is 2.27. The van der Waals surface area contributed by atoms with Crippen molar-refractivity contribution in [3.63, 3.8) is 0 Å². The first-order valence-corrected chi connectivity index (χ1v) is 5.77. The summed E-state index contributed by atoms with van der Waals surface area (Å²) in [5, 5.41) is 3.68. The van der Waals surface area contributed by atoms with E-state index in [1.54, 1.807) is 6.07 Å². The summed E-state index contributed by atoms with van der Waals surface area (Å²) in [5.41, 5.74) is 7.37. The summed E-state index contributed by atoms with van der Waals surface area (Å²) in [6, 6.07) is 3.54. The van der Waals surface area contributed by atoms with Crippen molar-refractivity contribution in [2.75, 3.05) is 12.5 Å². The fraction of sp³-hybridized carbons (Fsp3) is 0.182. The highest BCUT2D eigenvalue weighted by atomic mass is 79.9. The molecule has 0 radical (unpaired) electrons. The smallest absolute Gasteiger partial charge is 0.231 e. The van der Waals surface area contributed by atoms with Gasteiger partial charge in [0, 0.05) is 10.5 Å². The van der Waals surface area contributed by atoms with Gasteiger partial charge in [-0.3, -0.25) is 0 Å². The van der Waals surface area contributed by atoms with E-state index in [0.717, 1.165) is 15.6 Å². The van der Waals surface area contributed by atoms with Crippen LogP contribution in [0.3, 0.4) is 0 Å². The molecule has 6 heteroatoms. The van der Waals surface area contributed by atoms with E-state index in [1.807, 2.05) is 13.0 Å². The minimum atomic E-state index is 0.210. The molecule has 0 amide bonds. The summed E-state index contributed by atoms with van der Waals surface area (Å²) >= 11 is 3.47. The van der Waals surface area contributed by atoms with E-state index in [9.17, 15) is 0 Å². The lowest BCUT2D eigenvalue weighted by atomic mass is 10.0. The average molecular weight is 297 g/mol. The van der Waals surface area contributed by atoms with Gasteiger partial charge in [-0.2, -0.15) is 0 Å². The van der Waals surface area contributed by atoms with Gasteiger partial charge < -0.3 is 19.7 Å². The highest BCUT2D eigenvalue weighted by Crippen LogP contribution is 2.46. The standard InChI is InChI=1S/C11H9BrN2O3/c1-5-6(12)2-8-11(16-4-15-8)10(5)7-3-9(13)14-17-7/h2-3H,4H2,1H3,(H2,13,14). The molecule has 0 atom stereocenters. The molecule has 2 aromatic rings. The maximum Gasteiger partial charge on any atom is 0.231 e. The number of hydrogen-bond donors (Lipinski definition) is 1. The summed E-state index contributed by atoms with van der Waals surface area (Å²) in [7, 11) is 0. The minimum absolute atomic E-state index is 0.210. The molecule has 1 aromatic heterocycles. The molecule has 17 heavy (non-hydrogen) atoms. The van der Waals surface area contributed by atoms with Crippen molar-refractivity contribution >= 4 is 21.7 Å². The van der Waals surface area contributed by atoms with E-state index in [4.69, 9.17) is 19.7 Å². The molecular weight excluding hydrogens is 288 g/mol. The Labute approximate surface area is 106 Å². The fourth-order valence-electron chi connectivity index (χ4n) is 1.81. The maximum atomic E-state index is 5.56. The van der Waals surface area contributed by atoms with Gasteiger partial charge in [-0.05, 0) is 18.6 Å². The molecule has 0 saturated heterocycles. The van der Waals surface area contributed by atoms with Crippen molar-refractivity contribution in [3.8, 4) is 22.8 Å². The van der Waals surface area contributed by atoms with Gasteiger partial charge in [0.25, 0.3) is 0 Å². The lowest BCUT2D eigenvalue weighted by molar-refractivity contribution is 0.174. The second kappa shape index (κ2) is 3.66. The average Bonchev–Trinajstić information content (AvgIpc) is 2.89. The van der Waals surface area contributed by atoms with E-state index >= 15 is 0 Å². The third-order valence-corrected chi connectivity index (χ3v) is 3.46. The molecule has 0 aliphatic carbocycles. The molecule has 5 nitrogen and oxygen atoms in total.